The Balaban J connectivity index is 1.77. The third kappa shape index (κ3) is 2.44. The molecule has 1 heterocycles. The molecule has 0 atom stereocenters. The topological polar surface area (TPSA) is 63.4 Å². The first-order valence-electron chi connectivity index (χ1n) is 7.38. The third-order valence-corrected chi connectivity index (χ3v) is 6.84. The van der Waals surface area contributed by atoms with Gasteiger partial charge in [-0.05, 0) is 49.3 Å². The summed E-state index contributed by atoms with van der Waals surface area (Å²) < 4.78 is 26.9. The molecule has 0 amide bonds. The predicted octanol–water partition coefficient (Wildman–Crippen LogP) is 2.61. The van der Waals surface area contributed by atoms with Crippen molar-refractivity contribution in [1.82, 2.24) is 4.31 Å². The van der Waals surface area contributed by atoms with Crippen molar-refractivity contribution in [2.75, 3.05) is 18.8 Å². The molecule has 1 aliphatic carbocycles. The maximum Gasteiger partial charge on any atom is 0.243 e. The Labute approximate surface area is 121 Å². The van der Waals surface area contributed by atoms with Gasteiger partial charge in [-0.15, -0.1) is 0 Å². The van der Waals surface area contributed by atoms with Crippen LogP contribution in [0, 0.1) is 5.41 Å². The summed E-state index contributed by atoms with van der Waals surface area (Å²) in [7, 11) is -3.38. The lowest BCUT2D eigenvalue weighted by Gasteiger charge is -2.38. The van der Waals surface area contributed by atoms with Gasteiger partial charge < -0.3 is 5.73 Å². The van der Waals surface area contributed by atoms with Crippen LogP contribution in [-0.4, -0.2) is 25.8 Å². The van der Waals surface area contributed by atoms with Crippen LogP contribution in [0.5, 0.6) is 0 Å². The molecule has 1 aromatic rings. The number of nitrogen functional groups attached to an aromatic ring is 1. The van der Waals surface area contributed by atoms with Gasteiger partial charge in [-0.25, -0.2) is 8.42 Å². The summed E-state index contributed by atoms with van der Waals surface area (Å²) in [4.78, 5) is 0.319. The van der Waals surface area contributed by atoms with Crippen molar-refractivity contribution in [3.8, 4) is 0 Å². The first-order valence-corrected chi connectivity index (χ1v) is 8.82. The van der Waals surface area contributed by atoms with Crippen molar-refractivity contribution in [2.45, 2.75) is 43.4 Å². The summed E-state index contributed by atoms with van der Waals surface area (Å²) in [6, 6.07) is 6.59. The van der Waals surface area contributed by atoms with Crippen LogP contribution in [0.15, 0.2) is 29.2 Å². The molecule has 20 heavy (non-hydrogen) atoms. The highest BCUT2D eigenvalue weighted by molar-refractivity contribution is 7.89. The lowest BCUT2D eigenvalue weighted by atomic mass is 9.78. The van der Waals surface area contributed by atoms with Crippen LogP contribution >= 0.6 is 0 Å². The molecule has 2 fully saturated rings. The monoisotopic (exact) mass is 294 g/mol. The molecule has 2 N–H and O–H groups in total. The number of hydrogen-bond acceptors (Lipinski definition) is 3. The zero-order valence-corrected chi connectivity index (χ0v) is 12.5. The summed E-state index contributed by atoms with van der Waals surface area (Å²) in [6.07, 6.45) is 7.19. The van der Waals surface area contributed by atoms with E-state index in [1.165, 1.54) is 25.7 Å². The number of nitrogens with two attached hydrogens (primary N) is 1. The van der Waals surface area contributed by atoms with Crippen molar-refractivity contribution in [3.05, 3.63) is 24.3 Å². The van der Waals surface area contributed by atoms with Crippen LogP contribution in [-0.2, 0) is 10.0 Å². The average molecular weight is 294 g/mol. The number of hydrogen-bond donors (Lipinski definition) is 1. The van der Waals surface area contributed by atoms with E-state index in [0.29, 0.717) is 29.1 Å². The van der Waals surface area contributed by atoms with Gasteiger partial charge in [0.15, 0.2) is 0 Å². The minimum Gasteiger partial charge on any atom is -0.399 e. The van der Waals surface area contributed by atoms with Crippen molar-refractivity contribution >= 4 is 15.7 Å². The second kappa shape index (κ2) is 5.04. The van der Waals surface area contributed by atoms with E-state index in [1.807, 2.05) is 0 Å². The molecule has 1 saturated carbocycles. The first-order chi connectivity index (χ1) is 9.52. The molecule has 0 unspecified atom stereocenters. The van der Waals surface area contributed by atoms with Gasteiger partial charge in [-0.2, -0.15) is 4.31 Å². The lowest BCUT2D eigenvalue weighted by molar-refractivity contribution is 0.160. The average Bonchev–Trinajstić information content (AvgIpc) is 2.87. The number of rotatable bonds is 2. The van der Waals surface area contributed by atoms with E-state index in [4.69, 9.17) is 5.73 Å². The number of sulfonamides is 1. The van der Waals surface area contributed by atoms with Crippen LogP contribution in [0.1, 0.15) is 38.5 Å². The molecular formula is C15H22N2O2S. The van der Waals surface area contributed by atoms with E-state index in [0.717, 1.165) is 12.8 Å². The van der Waals surface area contributed by atoms with Gasteiger partial charge in [0.2, 0.25) is 10.0 Å². The molecule has 2 aliphatic rings. The molecule has 0 bridgehead atoms. The number of anilines is 1. The van der Waals surface area contributed by atoms with Gasteiger partial charge in [0.05, 0.1) is 4.90 Å². The van der Waals surface area contributed by atoms with Crippen LogP contribution in [0.25, 0.3) is 0 Å². The maximum absolute atomic E-state index is 12.6. The fraction of sp³-hybridized carbons (Fsp3) is 0.600. The number of benzene rings is 1. The normalized spacial score (nSPS) is 23.2. The van der Waals surface area contributed by atoms with E-state index in [-0.39, 0.29) is 0 Å². The Kier molecular flexibility index (Phi) is 3.50. The van der Waals surface area contributed by atoms with Crippen LogP contribution < -0.4 is 5.73 Å². The highest BCUT2D eigenvalue weighted by Gasteiger charge is 2.40. The Bertz CT molecular complexity index is 582. The summed E-state index contributed by atoms with van der Waals surface area (Å²) >= 11 is 0. The molecule has 0 radical (unpaired) electrons. The van der Waals surface area contributed by atoms with E-state index in [2.05, 4.69) is 0 Å². The fourth-order valence-corrected chi connectivity index (χ4v) is 5.15. The molecule has 110 valence electrons. The van der Waals surface area contributed by atoms with Crippen LogP contribution in [0.4, 0.5) is 5.69 Å². The molecule has 1 saturated heterocycles. The van der Waals surface area contributed by atoms with Gasteiger partial charge in [0.25, 0.3) is 0 Å². The molecule has 4 nitrogen and oxygen atoms in total. The second-order valence-electron chi connectivity index (χ2n) is 6.18. The number of piperidine rings is 1. The van der Waals surface area contributed by atoms with Crippen molar-refractivity contribution in [3.63, 3.8) is 0 Å². The molecule has 5 heteroatoms. The highest BCUT2D eigenvalue weighted by Crippen LogP contribution is 2.46. The van der Waals surface area contributed by atoms with Gasteiger partial charge in [0, 0.05) is 18.8 Å². The van der Waals surface area contributed by atoms with Gasteiger partial charge in [0.1, 0.15) is 0 Å². The van der Waals surface area contributed by atoms with E-state index < -0.39 is 10.0 Å². The minimum absolute atomic E-state index is 0.319. The Morgan fingerprint density at radius 1 is 1.05 bits per heavy atom. The van der Waals surface area contributed by atoms with Gasteiger partial charge in [-0.3, -0.25) is 0 Å². The SMILES string of the molecule is Nc1cccc(S(=O)(=O)N2CCC3(CCCC3)CC2)c1. The van der Waals surface area contributed by atoms with E-state index in [1.54, 1.807) is 28.6 Å². The third-order valence-electron chi connectivity index (χ3n) is 4.94. The zero-order chi connectivity index (χ0) is 14.2. The summed E-state index contributed by atoms with van der Waals surface area (Å²) in [5.41, 5.74) is 6.62. The molecule has 1 aliphatic heterocycles. The molecule has 0 aromatic heterocycles. The zero-order valence-electron chi connectivity index (χ0n) is 11.7. The molecule has 3 rings (SSSR count). The Hall–Kier alpha value is -1.07. The van der Waals surface area contributed by atoms with Crippen molar-refractivity contribution < 1.29 is 8.42 Å². The van der Waals surface area contributed by atoms with E-state index >= 15 is 0 Å². The molecule has 1 aromatic carbocycles. The fourth-order valence-electron chi connectivity index (χ4n) is 3.65. The molecular weight excluding hydrogens is 272 g/mol. The maximum atomic E-state index is 12.6. The number of nitrogens with zero attached hydrogens (tertiary/aromatic N) is 1. The standard InChI is InChI=1S/C15H22N2O2S/c16-13-4-3-5-14(12-13)20(18,19)17-10-8-15(9-11-17)6-1-2-7-15/h3-5,12H,1-2,6-11,16H2. The summed E-state index contributed by atoms with van der Waals surface area (Å²) in [5, 5.41) is 0. The second-order valence-corrected chi connectivity index (χ2v) is 8.12. The van der Waals surface area contributed by atoms with Crippen molar-refractivity contribution in [1.29, 1.82) is 0 Å². The first kappa shape index (κ1) is 13.9. The van der Waals surface area contributed by atoms with Gasteiger partial charge >= 0.3 is 0 Å². The lowest BCUT2D eigenvalue weighted by Crippen LogP contribution is -2.42. The van der Waals surface area contributed by atoms with Crippen LogP contribution in [0.3, 0.4) is 0 Å². The largest absolute Gasteiger partial charge is 0.399 e. The summed E-state index contributed by atoms with van der Waals surface area (Å²) in [5.74, 6) is 0. The van der Waals surface area contributed by atoms with Crippen LogP contribution in [0.2, 0.25) is 0 Å². The smallest absolute Gasteiger partial charge is 0.243 e. The quantitative estimate of drug-likeness (QED) is 0.853. The Morgan fingerprint density at radius 2 is 1.70 bits per heavy atom. The summed E-state index contributed by atoms with van der Waals surface area (Å²) in [6.45, 7) is 1.30. The predicted molar refractivity (Wildman–Crippen MR) is 79.7 cm³/mol. The Morgan fingerprint density at radius 3 is 2.30 bits per heavy atom. The van der Waals surface area contributed by atoms with E-state index in [9.17, 15) is 8.42 Å². The minimum atomic E-state index is -3.38. The van der Waals surface area contributed by atoms with Crippen molar-refractivity contribution in [2.24, 2.45) is 5.41 Å². The molecule has 1 spiro atoms. The highest BCUT2D eigenvalue weighted by atomic mass is 32.2. The van der Waals surface area contributed by atoms with Gasteiger partial charge in [-0.1, -0.05) is 18.9 Å².